The van der Waals surface area contributed by atoms with Crippen LogP contribution >= 0.6 is 0 Å². The minimum Gasteiger partial charge on any atom is -0.352 e. The van der Waals surface area contributed by atoms with E-state index in [1.807, 2.05) is 6.07 Å². The summed E-state index contributed by atoms with van der Waals surface area (Å²) in [6, 6.07) is 8.11. The van der Waals surface area contributed by atoms with Gasteiger partial charge >= 0.3 is 0 Å². The van der Waals surface area contributed by atoms with Crippen molar-refractivity contribution in [2.75, 3.05) is 7.05 Å². The van der Waals surface area contributed by atoms with Crippen LogP contribution in [0.4, 0.5) is 4.39 Å². The van der Waals surface area contributed by atoms with E-state index in [1.54, 1.807) is 12.1 Å². The molecule has 4 heteroatoms. The number of carbonyl (C=O) groups is 1. The molecular weight excluding hydrogens is 303 g/mol. The molecule has 0 spiro atoms. The van der Waals surface area contributed by atoms with E-state index in [4.69, 9.17) is 0 Å². The van der Waals surface area contributed by atoms with Gasteiger partial charge in [-0.15, -0.1) is 0 Å². The quantitative estimate of drug-likeness (QED) is 0.921. The summed E-state index contributed by atoms with van der Waals surface area (Å²) >= 11 is 0. The van der Waals surface area contributed by atoms with Crippen LogP contribution in [0.15, 0.2) is 24.3 Å². The molecule has 1 aromatic rings. The average Bonchev–Trinajstić information content (AvgIpc) is 2.47. The summed E-state index contributed by atoms with van der Waals surface area (Å²) in [5.41, 5.74) is 0.347. The van der Waals surface area contributed by atoms with E-state index in [0.29, 0.717) is 12.1 Å². The van der Waals surface area contributed by atoms with Gasteiger partial charge in [-0.2, -0.15) is 0 Å². The van der Waals surface area contributed by atoms with E-state index < -0.39 is 5.41 Å². The van der Waals surface area contributed by atoms with E-state index in [1.165, 1.54) is 25.3 Å². The van der Waals surface area contributed by atoms with Crippen molar-refractivity contribution in [2.24, 2.45) is 0 Å². The normalized spacial score (nSPS) is 32.0. The molecule has 2 saturated heterocycles. The summed E-state index contributed by atoms with van der Waals surface area (Å²) in [5, 5.41) is 3.34. The number of nitrogens with zero attached hydrogens (tertiary/aromatic N) is 1. The number of rotatable bonds is 3. The first-order valence-electron chi connectivity index (χ1n) is 9.37. The van der Waals surface area contributed by atoms with Crippen molar-refractivity contribution >= 4 is 5.91 Å². The molecule has 0 unspecified atom stereocenters. The zero-order valence-electron chi connectivity index (χ0n) is 14.4. The van der Waals surface area contributed by atoms with Crippen LogP contribution in [0.25, 0.3) is 0 Å². The van der Waals surface area contributed by atoms with E-state index in [9.17, 15) is 9.18 Å². The monoisotopic (exact) mass is 330 g/mol. The Kier molecular flexibility index (Phi) is 4.11. The number of amides is 1. The van der Waals surface area contributed by atoms with E-state index in [2.05, 4.69) is 17.3 Å². The zero-order chi connectivity index (χ0) is 16.7. The number of nitrogens with one attached hydrogen (secondary N) is 1. The summed E-state index contributed by atoms with van der Waals surface area (Å²) in [5.74, 6) is -0.132. The van der Waals surface area contributed by atoms with Crippen LogP contribution in [0.5, 0.6) is 0 Å². The Morgan fingerprint density at radius 2 is 1.92 bits per heavy atom. The lowest BCUT2D eigenvalue weighted by Crippen LogP contribution is -2.58. The van der Waals surface area contributed by atoms with Crippen LogP contribution in [-0.4, -0.2) is 36.0 Å². The van der Waals surface area contributed by atoms with Crippen molar-refractivity contribution in [1.82, 2.24) is 10.2 Å². The molecule has 0 radical (unpaired) electrons. The number of hydrogen-bond acceptors (Lipinski definition) is 2. The van der Waals surface area contributed by atoms with Gasteiger partial charge in [0.1, 0.15) is 5.82 Å². The maximum Gasteiger partial charge on any atom is 0.230 e. The molecule has 4 rings (SSSR count). The van der Waals surface area contributed by atoms with Crippen molar-refractivity contribution < 1.29 is 9.18 Å². The lowest BCUT2D eigenvalue weighted by atomic mass is 9.63. The third-order valence-electron chi connectivity index (χ3n) is 6.69. The third kappa shape index (κ3) is 2.65. The van der Waals surface area contributed by atoms with Gasteiger partial charge in [0.05, 0.1) is 5.41 Å². The highest BCUT2D eigenvalue weighted by Gasteiger charge is 2.47. The lowest BCUT2D eigenvalue weighted by Gasteiger charge is -2.48. The molecule has 1 aliphatic carbocycles. The smallest absolute Gasteiger partial charge is 0.230 e. The van der Waals surface area contributed by atoms with Crippen molar-refractivity contribution in [2.45, 2.75) is 74.9 Å². The molecule has 2 aliphatic heterocycles. The molecule has 0 aromatic heterocycles. The Morgan fingerprint density at radius 3 is 2.50 bits per heavy atom. The van der Waals surface area contributed by atoms with Crippen molar-refractivity contribution in [3.63, 3.8) is 0 Å². The second-order valence-corrected chi connectivity index (χ2v) is 7.99. The van der Waals surface area contributed by atoms with Crippen molar-refractivity contribution in [3.05, 3.63) is 35.6 Å². The van der Waals surface area contributed by atoms with Gasteiger partial charge in [0, 0.05) is 18.1 Å². The number of hydrogen-bond donors (Lipinski definition) is 1. The first-order chi connectivity index (χ1) is 11.6. The van der Waals surface area contributed by atoms with E-state index in [-0.39, 0.29) is 17.8 Å². The number of piperidine rings is 2. The lowest BCUT2D eigenvalue weighted by molar-refractivity contribution is -0.131. The summed E-state index contributed by atoms with van der Waals surface area (Å²) in [4.78, 5) is 15.6. The predicted molar refractivity (Wildman–Crippen MR) is 92.3 cm³/mol. The SMILES string of the molecule is CN1[C@H]2CCC[C@H]1CC(NC(=O)C1(c3cccc(F)c3)CCC1)C2. The van der Waals surface area contributed by atoms with Gasteiger partial charge in [0.15, 0.2) is 0 Å². The second-order valence-electron chi connectivity index (χ2n) is 7.99. The van der Waals surface area contributed by atoms with Crippen LogP contribution in [0.1, 0.15) is 56.9 Å². The molecule has 3 fully saturated rings. The van der Waals surface area contributed by atoms with Crippen LogP contribution in [0.2, 0.25) is 0 Å². The minimum absolute atomic E-state index is 0.118. The molecule has 1 saturated carbocycles. The molecule has 2 atom stereocenters. The molecule has 3 aliphatic rings. The molecule has 2 bridgehead atoms. The van der Waals surface area contributed by atoms with Gasteiger partial charge in [0.2, 0.25) is 5.91 Å². The van der Waals surface area contributed by atoms with Crippen LogP contribution in [-0.2, 0) is 10.2 Å². The summed E-state index contributed by atoms with van der Waals surface area (Å²) in [7, 11) is 2.23. The highest BCUT2D eigenvalue weighted by atomic mass is 19.1. The van der Waals surface area contributed by atoms with Gasteiger partial charge in [0.25, 0.3) is 0 Å². The maximum absolute atomic E-state index is 13.6. The molecule has 1 N–H and O–H groups in total. The summed E-state index contributed by atoms with van der Waals surface area (Å²) in [6.07, 6.45) is 8.62. The molecule has 130 valence electrons. The molecular formula is C20H27FN2O. The highest BCUT2D eigenvalue weighted by Crippen LogP contribution is 2.44. The molecule has 1 amide bonds. The first kappa shape index (κ1) is 16.1. The first-order valence-corrected chi connectivity index (χ1v) is 9.37. The van der Waals surface area contributed by atoms with Crippen LogP contribution in [0.3, 0.4) is 0 Å². The Hall–Kier alpha value is -1.42. The average molecular weight is 330 g/mol. The number of halogens is 1. The Bertz CT molecular complexity index is 614. The number of benzene rings is 1. The van der Waals surface area contributed by atoms with Crippen LogP contribution in [0, 0.1) is 5.82 Å². The second kappa shape index (κ2) is 6.14. The number of fused-ring (bicyclic) bond motifs is 2. The van der Waals surface area contributed by atoms with Gasteiger partial charge in [-0.3, -0.25) is 4.79 Å². The largest absolute Gasteiger partial charge is 0.352 e. The van der Waals surface area contributed by atoms with Crippen molar-refractivity contribution in [1.29, 1.82) is 0 Å². The molecule has 3 nitrogen and oxygen atoms in total. The summed E-state index contributed by atoms with van der Waals surface area (Å²) < 4.78 is 13.6. The maximum atomic E-state index is 13.6. The number of carbonyl (C=O) groups excluding carboxylic acids is 1. The minimum atomic E-state index is -0.499. The Morgan fingerprint density at radius 1 is 1.21 bits per heavy atom. The van der Waals surface area contributed by atoms with E-state index >= 15 is 0 Å². The van der Waals surface area contributed by atoms with Gasteiger partial charge in [-0.05, 0) is 63.3 Å². The fraction of sp³-hybridized carbons (Fsp3) is 0.650. The van der Waals surface area contributed by atoms with E-state index in [0.717, 1.165) is 37.7 Å². The molecule has 24 heavy (non-hydrogen) atoms. The third-order valence-corrected chi connectivity index (χ3v) is 6.69. The topological polar surface area (TPSA) is 32.3 Å². The zero-order valence-corrected chi connectivity index (χ0v) is 14.4. The van der Waals surface area contributed by atoms with Gasteiger partial charge < -0.3 is 10.2 Å². The van der Waals surface area contributed by atoms with Gasteiger partial charge in [-0.1, -0.05) is 25.0 Å². The Balaban J connectivity index is 1.49. The molecule has 2 heterocycles. The van der Waals surface area contributed by atoms with Crippen LogP contribution < -0.4 is 5.32 Å². The highest BCUT2D eigenvalue weighted by molar-refractivity contribution is 5.89. The Labute approximate surface area is 143 Å². The fourth-order valence-corrected chi connectivity index (χ4v) is 5.02. The standard InChI is InChI=1S/C20H27FN2O/c1-23-17-7-3-8-18(23)13-16(12-17)22-19(24)20(9-4-10-20)14-5-2-6-15(21)11-14/h2,5-6,11,16-18H,3-4,7-10,12-13H2,1H3,(H,22,24)/t17-,18-/m0/s1. The van der Waals surface area contributed by atoms with Crippen molar-refractivity contribution in [3.8, 4) is 0 Å². The fourth-order valence-electron chi connectivity index (χ4n) is 5.02. The van der Waals surface area contributed by atoms with Gasteiger partial charge in [-0.25, -0.2) is 4.39 Å². The molecule has 1 aromatic carbocycles. The predicted octanol–water partition coefficient (Wildman–Crippen LogP) is 3.38. The summed E-state index contributed by atoms with van der Waals surface area (Å²) in [6.45, 7) is 0.